The van der Waals surface area contributed by atoms with Crippen LogP contribution in [0.2, 0.25) is 0 Å². The number of hydrogen-bond acceptors (Lipinski definition) is 3. The minimum absolute atomic E-state index is 0.00798. The highest BCUT2D eigenvalue weighted by Crippen LogP contribution is 2.31. The average Bonchev–Trinajstić information content (AvgIpc) is 2.77. The van der Waals surface area contributed by atoms with Crippen molar-refractivity contribution in [3.63, 3.8) is 0 Å². The molecule has 1 amide bonds. The van der Waals surface area contributed by atoms with E-state index in [2.05, 4.69) is 5.32 Å². The molecular weight excluding hydrogens is 234 g/mol. The average molecular weight is 257 g/mol. The van der Waals surface area contributed by atoms with E-state index in [-0.39, 0.29) is 23.8 Å². The molecule has 0 heterocycles. The summed E-state index contributed by atoms with van der Waals surface area (Å²) in [5.74, 6) is -1.05. The van der Waals surface area contributed by atoms with Crippen molar-refractivity contribution in [1.82, 2.24) is 5.32 Å². The molecule has 1 aliphatic rings. The maximum atomic E-state index is 12.0. The molecule has 2 N–H and O–H groups in total. The fraction of sp³-hybridized carbons (Fsp3) is 0.846. The van der Waals surface area contributed by atoms with Crippen LogP contribution in [0.25, 0.3) is 0 Å². The Kier molecular flexibility index (Phi) is 5.59. The van der Waals surface area contributed by atoms with Gasteiger partial charge in [-0.1, -0.05) is 13.8 Å². The SMILES string of the molecule is COCC(NC(=O)C1CCC(C(=O)O)C1)C(C)C. The highest BCUT2D eigenvalue weighted by molar-refractivity contribution is 5.81. The number of rotatable bonds is 6. The van der Waals surface area contributed by atoms with Gasteiger partial charge in [0.15, 0.2) is 0 Å². The first-order valence-electron chi connectivity index (χ1n) is 6.47. The third kappa shape index (κ3) is 3.98. The lowest BCUT2D eigenvalue weighted by molar-refractivity contribution is -0.141. The van der Waals surface area contributed by atoms with Gasteiger partial charge < -0.3 is 15.2 Å². The highest BCUT2D eigenvalue weighted by atomic mass is 16.5. The van der Waals surface area contributed by atoms with E-state index in [9.17, 15) is 9.59 Å². The Morgan fingerprint density at radius 3 is 2.39 bits per heavy atom. The molecule has 3 unspecified atom stereocenters. The standard InChI is InChI=1S/C13H23NO4/c1-8(2)11(7-18-3)14-12(15)9-4-5-10(6-9)13(16)17/h8-11H,4-7H2,1-3H3,(H,14,15)(H,16,17). The topological polar surface area (TPSA) is 75.6 Å². The van der Waals surface area contributed by atoms with E-state index in [1.807, 2.05) is 13.8 Å². The van der Waals surface area contributed by atoms with Gasteiger partial charge in [-0.25, -0.2) is 0 Å². The normalized spacial score (nSPS) is 25.1. The largest absolute Gasteiger partial charge is 0.481 e. The minimum Gasteiger partial charge on any atom is -0.481 e. The third-order valence-electron chi connectivity index (χ3n) is 3.63. The van der Waals surface area contributed by atoms with Gasteiger partial charge in [0.05, 0.1) is 18.6 Å². The molecule has 0 aromatic rings. The number of hydrogen-bond donors (Lipinski definition) is 2. The highest BCUT2D eigenvalue weighted by Gasteiger charge is 2.34. The van der Waals surface area contributed by atoms with Gasteiger partial charge in [0.1, 0.15) is 0 Å². The molecule has 104 valence electrons. The molecule has 0 aromatic carbocycles. The number of carboxylic acids is 1. The lowest BCUT2D eigenvalue weighted by Crippen LogP contribution is -2.44. The van der Waals surface area contributed by atoms with Gasteiger partial charge in [-0.2, -0.15) is 0 Å². The van der Waals surface area contributed by atoms with Crippen LogP contribution >= 0.6 is 0 Å². The van der Waals surface area contributed by atoms with Crippen LogP contribution in [-0.2, 0) is 14.3 Å². The van der Waals surface area contributed by atoms with Gasteiger partial charge in [0.2, 0.25) is 5.91 Å². The molecule has 1 aliphatic carbocycles. The lowest BCUT2D eigenvalue weighted by Gasteiger charge is -2.23. The van der Waals surface area contributed by atoms with Crippen molar-refractivity contribution in [3.8, 4) is 0 Å². The number of ether oxygens (including phenoxy) is 1. The van der Waals surface area contributed by atoms with Gasteiger partial charge in [-0.05, 0) is 25.2 Å². The number of carbonyl (C=O) groups is 2. The molecule has 1 fully saturated rings. The number of aliphatic carboxylic acids is 1. The van der Waals surface area contributed by atoms with Gasteiger partial charge >= 0.3 is 5.97 Å². The lowest BCUT2D eigenvalue weighted by atomic mass is 10.0. The van der Waals surface area contributed by atoms with Crippen molar-refractivity contribution in [2.45, 2.75) is 39.2 Å². The van der Waals surface area contributed by atoms with Crippen molar-refractivity contribution in [1.29, 1.82) is 0 Å². The molecule has 18 heavy (non-hydrogen) atoms. The fourth-order valence-corrected chi connectivity index (χ4v) is 2.32. The van der Waals surface area contributed by atoms with Crippen molar-refractivity contribution in [2.75, 3.05) is 13.7 Å². The first-order chi connectivity index (χ1) is 8.45. The first-order valence-corrected chi connectivity index (χ1v) is 6.47. The van der Waals surface area contributed by atoms with Crippen LogP contribution in [0.4, 0.5) is 0 Å². The molecule has 0 radical (unpaired) electrons. The van der Waals surface area contributed by atoms with Crippen LogP contribution in [0.3, 0.4) is 0 Å². The molecule has 3 atom stereocenters. The van der Waals surface area contributed by atoms with Gasteiger partial charge in [0, 0.05) is 13.0 Å². The number of amides is 1. The smallest absolute Gasteiger partial charge is 0.306 e. The molecule has 5 heteroatoms. The Bertz CT molecular complexity index is 303. The summed E-state index contributed by atoms with van der Waals surface area (Å²) in [4.78, 5) is 22.9. The number of methoxy groups -OCH3 is 1. The van der Waals surface area contributed by atoms with Crippen LogP contribution in [0.1, 0.15) is 33.1 Å². The molecule has 0 bridgehead atoms. The van der Waals surface area contributed by atoms with Gasteiger partial charge in [-0.3, -0.25) is 9.59 Å². The summed E-state index contributed by atoms with van der Waals surface area (Å²) in [6.07, 6.45) is 1.73. The Labute approximate surface area is 108 Å². The molecule has 0 spiro atoms. The van der Waals surface area contributed by atoms with E-state index < -0.39 is 5.97 Å². The maximum absolute atomic E-state index is 12.0. The third-order valence-corrected chi connectivity index (χ3v) is 3.63. The molecule has 0 aliphatic heterocycles. The minimum atomic E-state index is -0.789. The van der Waals surface area contributed by atoms with E-state index in [4.69, 9.17) is 9.84 Å². The first kappa shape index (κ1) is 15.0. The molecule has 5 nitrogen and oxygen atoms in total. The van der Waals surface area contributed by atoms with E-state index in [0.717, 1.165) is 0 Å². The molecule has 1 saturated carbocycles. The van der Waals surface area contributed by atoms with E-state index in [1.54, 1.807) is 7.11 Å². The Morgan fingerprint density at radius 2 is 1.94 bits per heavy atom. The van der Waals surface area contributed by atoms with Gasteiger partial charge in [0.25, 0.3) is 0 Å². The monoisotopic (exact) mass is 257 g/mol. The molecule has 0 aromatic heterocycles. The zero-order valence-corrected chi connectivity index (χ0v) is 11.3. The summed E-state index contributed by atoms with van der Waals surface area (Å²) < 4.78 is 5.08. The second kappa shape index (κ2) is 6.73. The van der Waals surface area contributed by atoms with Crippen molar-refractivity contribution in [2.24, 2.45) is 17.8 Å². The van der Waals surface area contributed by atoms with E-state index in [0.29, 0.717) is 31.8 Å². The summed E-state index contributed by atoms with van der Waals surface area (Å²) in [7, 11) is 1.61. The number of carboxylic acid groups (broad SMARTS) is 1. The van der Waals surface area contributed by atoms with Crippen molar-refractivity contribution >= 4 is 11.9 Å². The zero-order chi connectivity index (χ0) is 13.7. The van der Waals surface area contributed by atoms with Crippen LogP contribution in [0.5, 0.6) is 0 Å². The van der Waals surface area contributed by atoms with Crippen molar-refractivity contribution in [3.05, 3.63) is 0 Å². The Balaban J connectivity index is 2.47. The zero-order valence-electron chi connectivity index (χ0n) is 11.3. The van der Waals surface area contributed by atoms with Crippen LogP contribution < -0.4 is 5.32 Å². The number of nitrogens with one attached hydrogen (secondary N) is 1. The summed E-state index contributed by atoms with van der Waals surface area (Å²) in [6, 6.07) is -0.00798. The maximum Gasteiger partial charge on any atom is 0.306 e. The van der Waals surface area contributed by atoms with Crippen LogP contribution in [0, 0.1) is 17.8 Å². The summed E-state index contributed by atoms with van der Waals surface area (Å²) in [5, 5.41) is 11.9. The molecule has 0 saturated heterocycles. The quantitative estimate of drug-likeness (QED) is 0.751. The predicted octanol–water partition coefficient (Wildman–Crippen LogP) is 1.27. The van der Waals surface area contributed by atoms with Crippen LogP contribution in [-0.4, -0.2) is 36.7 Å². The Morgan fingerprint density at radius 1 is 1.33 bits per heavy atom. The predicted molar refractivity (Wildman–Crippen MR) is 67.1 cm³/mol. The Hall–Kier alpha value is -1.10. The molecular formula is C13H23NO4. The second-order valence-corrected chi connectivity index (χ2v) is 5.36. The van der Waals surface area contributed by atoms with Crippen LogP contribution in [0.15, 0.2) is 0 Å². The van der Waals surface area contributed by atoms with E-state index >= 15 is 0 Å². The summed E-state index contributed by atoms with van der Waals surface area (Å²) >= 11 is 0. The second-order valence-electron chi connectivity index (χ2n) is 5.36. The van der Waals surface area contributed by atoms with E-state index in [1.165, 1.54) is 0 Å². The van der Waals surface area contributed by atoms with Crippen molar-refractivity contribution < 1.29 is 19.4 Å². The van der Waals surface area contributed by atoms with Gasteiger partial charge in [-0.15, -0.1) is 0 Å². The summed E-state index contributed by atoms with van der Waals surface area (Å²) in [5.41, 5.74) is 0. The summed E-state index contributed by atoms with van der Waals surface area (Å²) in [6.45, 7) is 4.54. The molecule has 1 rings (SSSR count). The number of carbonyl (C=O) groups excluding carboxylic acids is 1. The fourth-order valence-electron chi connectivity index (χ4n) is 2.32.